The first-order valence-corrected chi connectivity index (χ1v) is 10.4. The van der Waals surface area contributed by atoms with Gasteiger partial charge >= 0.3 is 0 Å². The molecule has 1 heterocycles. The summed E-state index contributed by atoms with van der Waals surface area (Å²) in [6, 6.07) is 13.5. The number of ether oxygens (including phenoxy) is 1. The Morgan fingerprint density at radius 2 is 2.00 bits per heavy atom. The summed E-state index contributed by atoms with van der Waals surface area (Å²) in [5.41, 5.74) is 0.699. The molecule has 0 aliphatic rings. The highest BCUT2D eigenvalue weighted by Gasteiger charge is 2.15. The van der Waals surface area contributed by atoms with Crippen molar-refractivity contribution in [2.45, 2.75) is 18.3 Å². The highest BCUT2D eigenvalue weighted by molar-refractivity contribution is 9.10. The lowest BCUT2D eigenvalue weighted by Crippen LogP contribution is -2.15. The van der Waals surface area contributed by atoms with E-state index in [1.54, 1.807) is 28.8 Å². The molecule has 9 heteroatoms. The van der Waals surface area contributed by atoms with E-state index < -0.39 is 5.82 Å². The van der Waals surface area contributed by atoms with E-state index in [2.05, 4.69) is 38.0 Å². The molecule has 0 bridgehead atoms. The second kappa shape index (κ2) is 10.2. The highest BCUT2D eigenvalue weighted by Crippen LogP contribution is 2.23. The first-order chi connectivity index (χ1) is 14.1. The van der Waals surface area contributed by atoms with E-state index in [0.717, 1.165) is 4.47 Å². The van der Waals surface area contributed by atoms with Gasteiger partial charge in [0.1, 0.15) is 6.61 Å². The predicted molar refractivity (Wildman–Crippen MR) is 114 cm³/mol. The van der Waals surface area contributed by atoms with Gasteiger partial charge in [0.15, 0.2) is 22.5 Å². The first kappa shape index (κ1) is 21.1. The lowest BCUT2D eigenvalue weighted by Gasteiger charge is -2.10. The number of para-hydroxylation sites is 2. The molecule has 0 aliphatic heterocycles. The number of allylic oxidation sites excluding steroid dienone is 1. The number of amides is 1. The van der Waals surface area contributed by atoms with E-state index in [0.29, 0.717) is 23.2 Å². The third-order valence-corrected chi connectivity index (χ3v) is 5.44. The Morgan fingerprint density at radius 1 is 1.24 bits per heavy atom. The average molecular weight is 477 g/mol. The highest BCUT2D eigenvalue weighted by atomic mass is 79.9. The van der Waals surface area contributed by atoms with Crippen molar-refractivity contribution in [3.8, 4) is 5.75 Å². The smallest absolute Gasteiger partial charge is 0.234 e. The van der Waals surface area contributed by atoms with Crippen LogP contribution in [0.15, 0.2) is 70.8 Å². The molecule has 1 aromatic heterocycles. The Kier molecular flexibility index (Phi) is 7.42. The predicted octanol–water partition coefficient (Wildman–Crippen LogP) is 4.68. The molecule has 3 aromatic rings. The van der Waals surface area contributed by atoms with E-state index in [1.165, 1.54) is 17.8 Å². The summed E-state index contributed by atoms with van der Waals surface area (Å²) in [4.78, 5) is 12.3. The number of rotatable bonds is 9. The van der Waals surface area contributed by atoms with Gasteiger partial charge in [-0.25, -0.2) is 4.39 Å². The zero-order chi connectivity index (χ0) is 20.6. The van der Waals surface area contributed by atoms with Gasteiger partial charge in [-0.15, -0.1) is 16.8 Å². The molecular formula is C20H18BrFN4O2S. The van der Waals surface area contributed by atoms with Gasteiger partial charge in [0.25, 0.3) is 0 Å². The molecular weight excluding hydrogens is 459 g/mol. The number of hydrogen-bond donors (Lipinski definition) is 1. The molecule has 2 aromatic carbocycles. The van der Waals surface area contributed by atoms with Crippen LogP contribution in [0.4, 0.5) is 10.1 Å². The standard InChI is InChI=1S/C20H18BrFN4O2S/c1-2-11-26-18(12-28-17-10-6-4-8-15(17)22)24-25-20(26)29-13-19(27)23-16-9-5-3-7-14(16)21/h2-10H,1,11-13H2,(H,23,27). The Morgan fingerprint density at radius 3 is 2.76 bits per heavy atom. The maximum absolute atomic E-state index is 13.7. The SMILES string of the molecule is C=CCn1c(COc2ccccc2F)nnc1SCC(=O)Nc1ccccc1Br. The van der Waals surface area contributed by atoms with Crippen LogP contribution in [0.5, 0.6) is 5.75 Å². The first-order valence-electron chi connectivity index (χ1n) is 8.66. The molecule has 0 saturated carbocycles. The molecule has 0 atom stereocenters. The number of benzene rings is 2. The van der Waals surface area contributed by atoms with Gasteiger partial charge in [-0.1, -0.05) is 42.1 Å². The number of thioether (sulfide) groups is 1. The minimum absolute atomic E-state index is 0.0471. The maximum Gasteiger partial charge on any atom is 0.234 e. The number of nitrogens with zero attached hydrogens (tertiary/aromatic N) is 3. The molecule has 1 N–H and O–H groups in total. The van der Waals surface area contributed by atoms with Crippen molar-refractivity contribution in [1.82, 2.24) is 14.8 Å². The molecule has 1 amide bonds. The minimum atomic E-state index is -0.444. The van der Waals surface area contributed by atoms with Crippen LogP contribution in [-0.4, -0.2) is 26.4 Å². The summed E-state index contributed by atoms with van der Waals surface area (Å²) in [5, 5.41) is 11.6. The van der Waals surface area contributed by atoms with Crippen molar-refractivity contribution in [3.05, 3.63) is 77.3 Å². The van der Waals surface area contributed by atoms with Crippen LogP contribution in [0.1, 0.15) is 5.82 Å². The number of aromatic nitrogens is 3. The van der Waals surface area contributed by atoms with Crippen molar-refractivity contribution in [2.24, 2.45) is 0 Å². The fourth-order valence-electron chi connectivity index (χ4n) is 2.43. The summed E-state index contributed by atoms with van der Waals surface area (Å²) in [6.07, 6.45) is 1.70. The molecule has 29 heavy (non-hydrogen) atoms. The topological polar surface area (TPSA) is 69.0 Å². The Labute approximate surface area is 180 Å². The largest absolute Gasteiger partial charge is 0.483 e. The van der Waals surface area contributed by atoms with E-state index in [4.69, 9.17) is 4.74 Å². The fraction of sp³-hybridized carbons (Fsp3) is 0.150. The summed E-state index contributed by atoms with van der Waals surface area (Å²) >= 11 is 4.65. The van der Waals surface area contributed by atoms with Crippen molar-refractivity contribution in [2.75, 3.05) is 11.1 Å². The normalized spacial score (nSPS) is 10.6. The van der Waals surface area contributed by atoms with Gasteiger partial charge in [0.2, 0.25) is 5.91 Å². The fourth-order valence-corrected chi connectivity index (χ4v) is 3.58. The van der Waals surface area contributed by atoms with Crippen LogP contribution in [0.2, 0.25) is 0 Å². The average Bonchev–Trinajstić information content (AvgIpc) is 3.09. The molecule has 0 radical (unpaired) electrons. The quantitative estimate of drug-likeness (QED) is 0.358. The van der Waals surface area contributed by atoms with Gasteiger partial charge < -0.3 is 10.1 Å². The Bertz CT molecular complexity index is 1010. The van der Waals surface area contributed by atoms with Gasteiger partial charge in [-0.3, -0.25) is 9.36 Å². The molecule has 3 rings (SSSR count). The summed E-state index contributed by atoms with van der Waals surface area (Å²) in [7, 11) is 0. The van der Waals surface area contributed by atoms with Crippen molar-refractivity contribution < 1.29 is 13.9 Å². The molecule has 0 unspecified atom stereocenters. The molecule has 0 spiro atoms. The summed E-state index contributed by atoms with van der Waals surface area (Å²) in [5.74, 6) is 0.203. The Balaban J connectivity index is 1.63. The van der Waals surface area contributed by atoms with E-state index >= 15 is 0 Å². The second-order valence-electron chi connectivity index (χ2n) is 5.83. The number of carbonyl (C=O) groups excluding carboxylic acids is 1. The third-order valence-electron chi connectivity index (χ3n) is 3.78. The molecule has 0 fully saturated rings. The van der Waals surface area contributed by atoms with Crippen LogP contribution in [0.25, 0.3) is 0 Å². The van der Waals surface area contributed by atoms with Gasteiger partial charge in [0.05, 0.1) is 11.4 Å². The number of nitrogens with one attached hydrogen (secondary N) is 1. The van der Waals surface area contributed by atoms with Crippen LogP contribution < -0.4 is 10.1 Å². The number of hydrogen-bond acceptors (Lipinski definition) is 5. The maximum atomic E-state index is 13.7. The van der Waals surface area contributed by atoms with Crippen molar-refractivity contribution in [1.29, 1.82) is 0 Å². The molecule has 150 valence electrons. The second-order valence-corrected chi connectivity index (χ2v) is 7.63. The molecule has 6 nitrogen and oxygen atoms in total. The van der Waals surface area contributed by atoms with Gasteiger partial charge in [0, 0.05) is 11.0 Å². The van der Waals surface area contributed by atoms with Crippen molar-refractivity contribution in [3.63, 3.8) is 0 Å². The van der Waals surface area contributed by atoms with E-state index in [9.17, 15) is 9.18 Å². The van der Waals surface area contributed by atoms with Crippen LogP contribution >= 0.6 is 27.7 Å². The van der Waals surface area contributed by atoms with E-state index in [-0.39, 0.29) is 24.0 Å². The summed E-state index contributed by atoms with van der Waals surface area (Å²) in [6.45, 7) is 4.23. The lowest BCUT2D eigenvalue weighted by molar-refractivity contribution is -0.113. The van der Waals surface area contributed by atoms with Crippen LogP contribution in [-0.2, 0) is 17.9 Å². The minimum Gasteiger partial charge on any atom is -0.483 e. The van der Waals surface area contributed by atoms with Crippen molar-refractivity contribution >= 4 is 39.3 Å². The monoisotopic (exact) mass is 476 g/mol. The zero-order valence-corrected chi connectivity index (χ0v) is 17.7. The van der Waals surface area contributed by atoms with Crippen LogP contribution in [0, 0.1) is 5.82 Å². The molecule has 0 saturated heterocycles. The number of carbonyl (C=O) groups is 1. The number of anilines is 1. The van der Waals surface area contributed by atoms with E-state index in [1.807, 2.05) is 24.3 Å². The Hall–Kier alpha value is -2.65. The lowest BCUT2D eigenvalue weighted by atomic mass is 10.3. The number of halogens is 2. The van der Waals surface area contributed by atoms with Gasteiger partial charge in [-0.05, 0) is 40.2 Å². The summed E-state index contributed by atoms with van der Waals surface area (Å²) < 4.78 is 21.8. The van der Waals surface area contributed by atoms with Gasteiger partial charge in [-0.2, -0.15) is 0 Å². The van der Waals surface area contributed by atoms with Crippen LogP contribution in [0.3, 0.4) is 0 Å². The third kappa shape index (κ3) is 5.68. The zero-order valence-electron chi connectivity index (χ0n) is 15.3. The molecule has 0 aliphatic carbocycles.